The Morgan fingerprint density at radius 3 is 2.52 bits per heavy atom. The van der Waals surface area contributed by atoms with Gasteiger partial charge in [0.15, 0.2) is 0 Å². The average Bonchev–Trinajstić information content (AvgIpc) is 2.45. The summed E-state index contributed by atoms with van der Waals surface area (Å²) < 4.78 is 33.8. The van der Waals surface area contributed by atoms with Crippen molar-refractivity contribution >= 4 is 11.6 Å². The summed E-state index contributed by atoms with van der Waals surface area (Å²) in [4.78, 5) is 0. The fourth-order valence-corrected chi connectivity index (χ4v) is 2.59. The number of hydrogen-bond donors (Lipinski definition) is 0. The first-order chi connectivity index (χ1) is 9.95. The molecule has 0 saturated carbocycles. The molecule has 112 valence electrons. The lowest BCUT2D eigenvalue weighted by Gasteiger charge is -2.18. The van der Waals surface area contributed by atoms with Crippen molar-refractivity contribution in [3.63, 3.8) is 0 Å². The molecular weight excluding hydrogens is 294 g/mol. The number of rotatable bonds is 4. The van der Waals surface area contributed by atoms with Crippen LogP contribution in [0.25, 0.3) is 0 Å². The maximum Gasteiger partial charge on any atom is 0.134 e. The molecule has 0 aromatic heterocycles. The minimum absolute atomic E-state index is 0.136. The van der Waals surface area contributed by atoms with Gasteiger partial charge in [0, 0.05) is 11.1 Å². The zero-order valence-electron chi connectivity index (χ0n) is 12.2. The van der Waals surface area contributed by atoms with Gasteiger partial charge in [-0.2, -0.15) is 0 Å². The van der Waals surface area contributed by atoms with Crippen LogP contribution in [0.15, 0.2) is 30.3 Å². The molecule has 1 unspecified atom stereocenters. The van der Waals surface area contributed by atoms with Gasteiger partial charge in [-0.05, 0) is 38.5 Å². The van der Waals surface area contributed by atoms with Crippen molar-refractivity contribution in [3.05, 3.63) is 64.2 Å². The van der Waals surface area contributed by atoms with Crippen LogP contribution in [0, 0.1) is 25.5 Å². The lowest BCUT2D eigenvalue weighted by molar-refractivity contribution is 0.336. The van der Waals surface area contributed by atoms with Gasteiger partial charge in [-0.25, -0.2) is 8.78 Å². The van der Waals surface area contributed by atoms with Crippen LogP contribution in [0.1, 0.15) is 34.6 Å². The van der Waals surface area contributed by atoms with E-state index in [1.807, 2.05) is 19.9 Å². The highest BCUT2D eigenvalue weighted by Crippen LogP contribution is 2.38. The maximum atomic E-state index is 14.3. The van der Waals surface area contributed by atoms with Gasteiger partial charge in [0.05, 0.1) is 12.0 Å². The predicted octanol–water partition coefficient (Wildman–Crippen LogP) is 5.31. The fraction of sp³-hybridized carbons (Fsp3) is 0.294. The summed E-state index contributed by atoms with van der Waals surface area (Å²) in [5.41, 5.74) is 1.75. The van der Waals surface area contributed by atoms with Gasteiger partial charge < -0.3 is 4.74 Å². The standard InChI is InChI=1S/C17H17ClF2O/c1-4-21-14-8-5-10(2)9-12(14)16(18)15-13(19)7-6-11(3)17(15)20/h5-9,16H,4H2,1-3H3. The first kappa shape index (κ1) is 15.8. The van der Waals surface area contributed by atoms with Crippen molar-refractivity contribution in [2.24, 2.45) is 0 Å². The molecule has 0 saturated heterocycles. The minimum atomic E-state index is -0.939. The van der Waals surface area contributed by atoms with Crippen LogP contribution in [0.2, 0.25) is 0 Å². The van der Waals surface area contributed by atoms with Crippen molar-refractivity contribution in [3.8, 4) is 5.75 Å². The number of benzene rings is 2. The van der Waals surface area contributed by atoms with Crippen molar-refractivity contribution in [2.45, 2.75) is 26.1 Å². The summed E-state index contributed by atoms with van der Waals surface area (Å²) in [7, 11) is 0. The Morgan fingerprint density at radius 2 is 1.86 bits per heavy atom. The molecule has 0 heterocycles. The molecule has 0 aliphatic heterocycles. The van der Waals surface area contributed by atoms with Crippen molar-refractivity contribution < 1.29 is 13.5 Å². The SMILES string of the molecule is CCOc1ccc(C)cc1C(Cl)c1c(F)ccc(C)c1F. The number of halogens is 3. The molecular formula is C17H17ClF2O. The summed E-state index contributed by atoms with van der Waals surface area (Å²) >= 11 is 6.37. The maximum absolute atomic E-state index is 14.3. The second kappa shape index (κ2) is 6.44. The van der Waals surface area contributed by atoms with Crippen molar-refractivity contribution in [1.29, 1.82) is 0 Å². The number of aryl methyl sites for hydroxylation is 2. The monoisotopic (exact) mass is 310 g/mol. The molecule has 0 aliphatic carbocycles. The van der Waals surface area contributed by atoms with E-state index in [4.69, 9.17) is 16.3 Å². The van der Waals surface area contributed by atoms with Crippen LogP contribution < -0.4 is 4.74 Å². The normalized spacial score (nSPS) is 12.3. The summed E-state index contributed by atoms with van der Waals surface area (Å²) in [5, 5.41) is -0.939. The summed E-state index contributed by atoms with van der Waals surface area (Å²) in [6.07, 6.45) is 0. The second-order valence-corrected chi connectivity index (χ2v) is 5.37. The summed E-state index contributed by atoms with van der Waals surface area (Å²) in [6, 6.07) is 8.08. The van der Waals surface area contributed by atoms with E-state index < -0.39 is 17.0 Å². The van der Waals surface area contributed by atoms with Gasteiger partial charge in [-0.1, -0.05) is 23.8 Å². The Bertz CT molecular complexity index is 655. The van der Waals surface area contributed by atoms with Crippen LogP contribution >= 0.6 is 11.6 Å². The third-order valence-corrected chi connectivity index (χ3v) is 3.76. The lowest BCUT2D eigenvalue weighted by atomic mass is 9.99. The third kappa shape index (κ3) is 3.18. The summed E-state index contributed by atoms with van der Waals surface area (Å²) in [6.45, 7) is 5.78. The van der Waals surface area contributed by atoms with E-state index in [1.165, 1.54) is 12.1 Å². The highest BCUT2D eigenvalue weighted by Gasteiger charge is 2.24. The van der Waals surface area contributed by atoms with Gasteiger partial charge in [0.1, 0.15) is 17.4 Å². The summed E-state index contributed by atoms with van der Waals surface area (Å²) in [5.74, 6) is -0.718. The van der Waals surface area contributed by atoms with Crippen LogP contribution in [-0.2, 0) is 0 Å². The lowest BCUT2D eigenvalue weighted by Crippen LogP contribution is -2.06. The smallest absolute Gasteiger partial charge is 0.134 e. The van der Waals surface area contributed by atoms with Crippen molar-refractivity contribution in [2.75, 3.05) is 6.61 Å². The Hall–Kier alpha value is -1.61. The molecule has 2 aromatic rings. The zero-order chi connectivity index (χ0) is 15.6. The molecule has 2 rings (SSSR count). The van der Waals surface area contributed by atoms with E-state index in [1.54, 1.807) is 19.1 Å². The highest BCUT2D eigenvalue weighted by molar-refractivity contribution is 6.22. The largest absolute Gasteiger partial charge is 0.494 e. The number of ether oxygens (including phenoxy) is 1. The van der Waals surface area contributed by atoms with Crippen LogP contribution in [0.4, 0.5) is 8.78 Å². The van der Waals surface area contributed by atoms with E-state index in [-0.39, 0.29) is 5.56 Å². The predicted molar refractivity (Wildman–Crippen MR) is 81.1 cm³/mol. The Morgan fingerprint density at radius 1 is 1.14 bits per heavy atom. The van der Waals surface area contributed by atoms with E-state index in [2.05, 4.69) is 0 Å². The first-order valence-corrected chi connectivity index (χ1v) is 7.21. The molecule has 2 aromatic carbocycles. The average molecular weight is 311 g/mol. The highest BCUT2D eigenvalue weighted by atomic mass is 35.5. The molecule has 1 nitrogen and oxygen atoms in total. The van der Waals surface area contributed by atoms with Crippen LogP contribution in [0.5, 0.6) is 5.75 Å². The van der Waals surface area contributed by atoms with E-state index in [9.17, 15) is 8.78 Å². The van der Waals surface area contributed by atoms with Crippen molar-refractivity contribution in [1.82, 2.24) is 0 Å². The molecule has 0 N–H and O–H groups in total. The van der Waals surface area contributed by atoms with Gasteiger partial charge in [0.2, 0.25) is 0 Å². The van der Waals surface area contributed by atoms with E-state index in [0.717, 1.165) is 5.56 Å². The van der Waals surface area contributed by atoms with Gasteiger partial charge >= 0.3 is 0 Å². The van der Waals surface area contributed by atoms with E-state index in [0.29, 0.717) is 23.5 Å². The molecule has 0 bridgehead atoms. The van der Waals surface area contributed by atoms with E-state index >= 15 is 0 Å². The first-order valence-electron chi connectivity index (χ1n) is 6.77. The number of alkyl halides is 1. The molecule has 0 fully saturated rings. The molecule has 21 heavy (non-hydrogen) atoms. The Labute approximate surface area is 128 Å². The minimum Gasteiger partial charge on any atom is -0.494 e. The molecule has 0 amide bonds. The molecule has 1 atom stereocenters. The number of hydrogen-bond acceptors (Lipinski definition) is 1. The van der Waals surface area contributed by atoms with Crippen LogP contribution in [0.3, 0.4) is 0 Å². The molecule has 0 aliphatic rings. The second-order valence-electron chi connectivity index (χ2n) is 4.93. The fourth-order valence-electron chi connectivity index (χ4n) is 2.22. The third-order valence-electron chi connectivity index (χ3n) is 3.31. The molecule has 4 heteroatoms. The topological polar surface area (TPSA) is 9.23 Å². The quantitative estimate of drug-likeness (QED) is 0.695. The Balaban J connectivity index is 2.57. The van der Waals surface area contributed by atoms with Gasteiger partial charge in [-0.15, -0.1) is 11.6 Å². The van der Waals surface area contributed by atoms with Gasteiger partial charge in [0.25, 0.3) is 0 Å². The Kier molecular flexibility index (Phi) is 4.84. The zero-order valence-corrected chi connectivity index (χ0v) is 13.0. The van der Waals surface area contributed by atoms with Gasteiger partial charge in [-0.3, -0.25) is 0 Å². The van der Waals surface area contributed by atoms with Crippen LogP contribution in [-0.4, -0.2) is 6.61 Å². The molecule has 0 radical (unpaired) electrons. The molecule has 0 spiro atoms.